The summed E-state index contributed by atoms with van der Waals surface area (Å²) in [7, 11) is 3.39. The van der Waals surface area contributed by atoms with Gasteiger partial charge in [-0.25, -0.2) is 0 Å². The molecule has 0 radical (unpaired) electrons. The van der Waals surface area contributed by atoms with Crippen LogP contribution < -0.4 is 5.32 Å². The fourth-order valence-electron chi connectivity index (χ4n) is 1.76. The van der Waals surface area contributed by atoms with Crippen LogP contribution in [0.25, 0.3) is 0 Å². The number of halogens is 1. The van der Waals surface area contributed by atoms with Gasteiger partial charge in [-0.05, 0) is 19.2 Å². The maximum absolute atomic E-state index is 11.8. The highest BCUT2D eigenvalue weighted by Crippen LogP contribution is 2.20. The Morgan fingerprint density at radius 2 is 2.20 bits per heavy atom. The molecule has 1 aromatic carbocycles. The summed E-state index contributed by atoms with van der Waals surface area (Å²) in [5, 5.41) is 12.8. The van der Waals surface area contributed by atoms with Crippen molar-refractivity contribution in [2.45, 2.75) is 12.5 Å². The normalized spacial score (nSPS) is 12.4. The predicted molar refractivity (Wildman–Crippen MR) is 80.1 cm³/mol. The predicted octanol–water partition coefficient (Wildman–Crippen LogP) is 1.61. The largest absolute Gasteiger partial charge is 0.389 e. The molecule has 1 atom stereocenters. The number of methoxy groups -OCH3 is 1. The number of carbonyl (C=O) groups excluding carboxylic acids is 1. The van der Waals surface area contributed by atoms with Crippen LogP contribution in [0.5, 0.6) is 0 Å². The number of hydrogen-bond acceptors (Lipinski definition) is 4. The summed E-state index contributed by atoms with van der Waals surface area (Å²) in [4.78, 5) is 13.7. The van der Waals surface area contributed by atoms with Gasteiger partial charge in [0.1, 0.15) is 0 Å². The quantitative estimate of drug-likeness (QED) is 0.766. The van der Waals surface area contributed by atoms with Crippen LogP contribution in [-0.2, 0) is 9.53 Å². The number of para-hydroxylation sites is 1. The molecule has 1 amide bonds. The van der Waals surface area contributed by atoms with E-state index in [0.29, 0.717) is 30.2 Å². The molecule has 20 heavy (non-hydrogen) atoms. The number of nitrogens with one attached hydrogen (secondary N) is 1. The first-order chi connectivity index (χ1) is 9.52. The molecule has 5 nitrogen and oxygen atoms in total. The number of aliphatic hydroxyl groups excluding tert-OH is 1. The number of anilines is 1. The average Bonchev–Trinajstić information content (AvgIpc) is 2.39. The van der Waals surface area contributed by atoms with E-state index in [9.17, 15) is 9.90 Å². The lowest BCUT2D eigenvalue weighted by Crippen LogP contribution is -2.33. The lowest BCUT2D eigenvalue weighted by Gasteiger charge is -2.19. The van der Waals surface area contributed by atoms with Crippen LogP contribution in [-0.4, -0.2) is 55.9 Å². The van der Waals surface area contributed by atoms with Gasteiger partial charge in [0.2, 0.25) is 5.91 Å². The number of carbonyl (C=O) groups is 1. The number of likely N-dealkylation sites (N-methyl/N-ethyl adjacent to an activating group) is 1. The van der Waals surface area contributed by atoms with E-state index in [4.69, 9.17) is 16.3 Å². The molecule has 1 aromatic rings. The van der Waals surface area contributed by atoms with Gasteiger partial charge in [-0.3, -0.25) is 4.79 Å². The Hall–Kier alpha value is -1.14. The molecule has 112 valence electrons. The van der Waals surface area contributed by atoms with Crippen molar-refractivity contribution in [3.63, 3.8) is 0 Å². The van der Waals surface area contributed by atoms with Crippen LogP contribution in [0.15, 0.2) is 24.3 Å². The standard InChI is InChI=1S/C14H21ClN2O3/c1-17(9-11(18)10-20-2)8-7-14(19)16-13-6-4-3-5-12(13)15/h3-6,11,18H,7-10H2,1-2H3,(H,16,19). The van der Waals surface area contributed by atoms with Gasteiger partial charge >= 0.3 is 0 Å². The SMILES string of the molecule is COCC(O)CN(C)CCC(=O)Nc1ccccc1Cl. The first-order valence-electron chi connectivity index (χ1n) is 6.43. The van der Waals surface area contributed by atoms with Crippen molar-refractivity contribution >= 4 is 23.2 Å². The molecule has 0 saturated heterocycles. The van der Waals surface area contributed by atoms with Gasteiger partial charge in [0.15, 0.2) is 0 Å². The number of benzene rings is 1. The molecule has 0 spiro atoms. The fraction of sp³-hybridized carbons (Fsp3) is 0.500. The monoisotopic (exact) mass is 300 g/mol. The van der Waals surface area contributed by atoms with E-state index in [1.807, 2.05) is 24.1 Å². The number of ether oxygens (including phenoxy) is 1. The summed E-state index contributed by atoms with van der Waals surface area (Å²) in [5.74, 6) is -0.105. The second kappa shape index (κ2) is 8.92. The summed E-state index contributed by atoms with van der Waals surface area (Å²) >= 11 is 5.96. The topological polar surface area (TPSA) is 61.8 Å². The first-order valence-corrected chi connectivity index (χ1v) is 6.80. The zero-order valence-corrected chi connectivity index (χ0v) is 12.6. The molecule has 2 N–H and O–H groups in total. The van der Waals surface area contributed by atoms with Crippen molar-refractivity contribution in [1.29, 1.82) is 0 Å². The van der Waals surface area contributed by atoms with Crippen molar-refractivity contribution in [3.8, 4) is 0 Å². The van der Waals surface area contributed by atoms with Crippen LogP contribution in [0.4, 0.5) is 5.69 Å². The lowest BCUT2D eigenvalue weighted by atomic mass is 10.3. The molecular formula is C14H21ClN2O3. The van der Waals surface area contributed by atoms with Gasteiger partial charge in [0, 0.05) is 26.6 Å². The van der Waals surface area contributed by atoms with Crippen molar-refractivity contribution in [2.24, 2.45) is 0 Å². The molecule has 0 aliphatic heterocycles. The number of hydrogen-bond donors (Lipinski definition) is 2. The Morgan fingerprint density at radius 1 is 1.50 bits per heavy atom. The first kappa shape index (κ1) is 16.9. The highest BCUT2D eigenvalue weighted by Gasteiger charge is 2.10. The molecule has 0 bridgehead atoms. The third-order valence-corrected chi connectivity index (χ3v) is 3.08. The Bertz CT molecular complexity index is 429. The molecule has 6 heteroatoms. The average molecular weight is 301 g/mol. The van der Waals surface area contributed by atoms with Gasteiger partial charge in [0.25, 0.3) is 0 Å². The highest BCUT2D eigenvalue weighted by molar-refractivity contribution is 6.33. The Kier molecular flexibility index (Phi) is 7.54. The maximum Gasteiger partial charge on any atom is 0.225 e. The molecule has 0 aliphatic carbocycles. The van der Waals surface area contributed by atoms with Crippen LogP contribution in [0.1, 0.15) is 6.42 Å². The van der Waals surface area contributed by atoms with E-state index >= 15 is 0 Å². The molecule has 0 aromatic heterocycles. The third kappa shape index (κ3) is 6.34. The van der Waals surface area contributed by atoms with E-state index in [1.54, 1.807) is 19.2 Å². The smallest absolute Gasteiger partial charge is 0.225 e. The van der Waals surface area contributed by atoms with E-state index in [-0.39, 0.29) is 12.5 Å². The van der Waals surface area contributed by atoms with Crippen LogP contribution >= 0.6 is 11.6 Å². The van der Waals surface area contributed by atoms with Gasteiger partial charge in [0.05, 0.1) is 23.4 Å². The second-order valence-corrected chi connectivity index (χ2v) is 5.06. The van der Waals surface area contributed by atoms with Gasteiger partial charge in [-0.15, -0.1) is 0 Å². The van der Waals surface area contributed by atoms with Gasteiger partial charge < -0.3 is 20.1 Å². The Balaban J connectivity index is 2.31. The van der Waals surface area contributed by atoms with Crippen molar-refractivity contribution < 1.29 is 14.6 Å². The summed E-state index contributed by atoms with van der Waals surface area (Å²) in [6.07, 6.45) is -0.210. The van der Waals surface area contributed by atoms with Crippen LogP contribution in [0, 0.1) is 0 Å². The minimum atomic E-state index is -0.545. The third-order valence-electron chi connectivity index (χ3n) is 2.75. The molecule has 0 heterocycles. The fourth-order valence-corrected chi connectivity index (χ4v) is 1.95. The Morgan fingerprint density at radius 3 is 2.85 bits per heavy atom. The van der Waals surface area contributed by atoms with Crippen molar-refractivity contribution in [1.82, 2.24) is 4.90 Å². The van der Waals surface area contributed by atoms with Gasteiger partial charge in [-0.1, -0.05) is 23.7 Å². The van der Waals surface area contributed by atoms with E-state index in [2.05, 4.69) is 5.32 Å². The maximum atomic E-state index is 11.8. The molecule has 1 rings (SSSR count). The summed E-state index contributed by atoms with van der Waals surface area (Å²) in [6.45, 7) is 1.31. The van der Waals surface area contributed by atoms with E-state index < -0.39 is 6.10 Å². The summed E-state index contributed by atoms with van der Waals surface area (Å²) in [6, 6.07) is 7.11. The van der Waals surface area contributed by atoms with Gasteiger partial charge in [-0.2, -0.15) is 0 Å². The molecule has 0 saturated carbocycles. The van der Waals surface area contributed by atoms with Crippen LogP contribution in [0.2, 0.25) is 5.02 Å². The lowest BCUT2D eigenvalue weighted by molar-refractivity contribution is -0.116. The minimum Gasteiger partial charge on any atom is -0.389 e. The van der Waals surface area contributed by atoms with Crippen LogP contribution in [0.3, 0.4) is 0 Å². The number of nitrogens with zero attached hydrogens (tertiary/aromatic N) is 1. The molecular weight excluding hydrogens is 280 g/mol. The highest BCUT2D eigenvalue weighted by atomic mass is 35.5. The molecule has 1 unspecified atom stereocenters. The van der Waals surface area contributed by atoms with Crippen molar-refractivity contribution in [3.05, 3.63) is 29.3 Å². The minimum absolute atomic E-state index is 0.105. The van der Waals surface area contributed by atoms with E-state index in [1.165, 1.54) is 0 Å². The molecule has 0 fully saturated rings. The number of amides is 1. The zero-order chi connectivity index (χ0) is 15.0. The summed E-state index contributed by atoms with van der Waals surface area (Å²) in [5.41, 5.74) is 0.612. The van der Waals surface area contributed by atoms with E-state index in [0.717, 1.165) is 0 Å². The number of aliphatic hydroxyl groups is 1. The summed E-state index contributed by atoms with van der Waals surface area (Å²) < 4.78 is 4.85. The number of rotatable bonds is 8. The van der Waals surface area contributed by atoms with Crippen molar-refractivity contribution in [2.75, 3.05) is 39.2 Å². The second-order valence-electron chi connectivity index (χ2n) is 4.65. The molecule has 0 aliphatic rings. The zero-order valence-electron chi connectivity index (χ0n) is 11.8. The Labute approximate surface area is 124 Å².